The molecule has 0 aromatic carbocycles. The van der Waals surface area contributed by atoms with E-state index in [1.54, 1.807) is 19.4 Å². The van der Waals surface area contributed by atoms with E-state index in [0.29, 0.717) is 18.2 Å². The number of likely N-dealkylation sites (N-methyl/N-ethyl adjacent to an activating group) is 1. The molecule has 0 N–H and O–H groups in total. The number of carbonyl (C=O) groups is 2. The SMILES string of the molecule is COc1ccnc(N2CCN(CCCCC3N=CC(=O)N(C)C3=O)CC2)n1. The highest BCUT2D eigenvalue weighted by molar-refractivity contribution is 6.31. The number of aromatic nitrogens is 2. The molecule has 1 saturated heterocycles. The van der Waals surface area contributed by atoms with E-state index in [9.17, 15) is 9.59 Å². The van der Waals surface area contributed by atoms with Crippen molar-refractivity contribution in [1.82, 2.24) is 19.8 Å². The number of imide groups is 1. The van der Waals surface area contributed by atoms with Gasteiger partial charge in [-0.05, 0) is 25.8 Å². The number of aliphatic imine (C=N–C) groups is 1. The van der Waals surface area contributed by atoms with Crippen molar-refractivity contribution in [2.75, 3.05) is 51.8 Å². The first-order chi connectivity index (χ1) is 13.1. The number of nitrogens with zero attached hydrogens (tertiary/aromatic N) is 6. The summed E-state index contributed by atoms with van der Waals surface area (Å²) >= 11 is 0. The zero-order chi connectivity index (χ0) is 19.2. The van der Waals surface area contributed by atoms with Crippen LogP contribution in [0.4, 0.5) is 5.95 Å². The molecule has 2 aliphatic heterocycles. The van der Waals surface area contributed by atoms with E-state index in [1.807, 2.05) is 0 Å². The van der Waals surface area contributed by atoms with Gasteiger partial charge in [0.2, 0.25) is 11.8 Å². The lowest BCUT2D eigenvalue weighted by Gasteiger charge is -2.34. The Morgan fingerprint density at radius 2 is 1.96 bits per heavy atom. The molecule has 1 fully saturated rings. The maximum absolute atomic E-state index is 12.0. The van der Waals surface area contributed by atoms with Crippen LogP contribution in [0.2, 0.25) is 0 Å². The molecule has 1 atom stereocenters. The van der Waals surface area contributed by atoms with Crippen LogP contribution in [0.1, 0.15) is 19.3 Å². The Hall–Kier alpha value is -2.55. The number of hydrogen-bond acceptors (Lipinski definition) is 8. The van der Waals surface area contributed by atoms with Gasteiger partial charge in [0.05, 0.1) is 13.3 Å². The molecule has 0 saturated carbocycles. The zero-order valence-corrected chi connectivity index (χ0v) is 15.9. The molecule has 9 nitrogen and oxygen atoms in total. The predicted octanol–water partition coefficient (Wildman–Crippen LogP) is 0.216. The maximum Gasteiger partial charge on any atom is 0.270 e. The molecule has 27 heavy (non-hydrogen) atoms. The minimum atomic E-state index is -0.408. The number of rotatable bonds is 7. The minimum Gasteiger partial charge on any atom is -0.481 e. The van der Waals surface area contributed by atoms with Crippen LogP contribution in [0, 0.1) is 0 Å². The first-order valence-electron chi connectivity index (χ1n) is 9.27. The molecule has 1 unspecified atom stereocenters. The molecule has 146 valence electrons. The average molecular weight is 374 g/mol. The summed E-state index contributed by atoms with van der Waals surface area (Å²) in [6, 6.07) is 1.34. The summed E-state index contributed by atoms with van der Waals surface area (Å²) in [6.45, 7) is 4.67. The van der Waals surface area contributed by atoms with E-state index in [1.165, 1.54) is 13.3 Å². The molecule has 1 aromatic rings. The second kappa shape index (κ2) is 8.90. The van der Waals surface area contributed by atoms with Crippen molar-refractivity contribution in [1.29, 1.82) is 0 Å². The van der Waals surface area contributed by atoms with Crippen LogP contribution >= 0.6 is 0 Å². The molecule has 3 heterocycles. The van der Waals surface area contributed by atoms with Gasteiger partial charge in [-0.25, -0.2) is 4.98 Å². The van der Waals surface area contributed by atoms with Crippen molar-refractivity contribution < 1.29 is 14.3 Å². The summed E-state index contributed by atoms with van der Waals surface area (Å²) in [5.41, 5.74) is 0. The first kappa shape index (κ1) is 19.2. The van der Waals surface area contributed by atoms with Crippen molar-refractivity contribution in [3.63, 3.8) is 0 Å². The van der Waals surface area contributed by atoms with Gasteiger partial charge in [0.1, 0.15) is 6.04 Å². The quantitative estimate of drug-likeness (QED) is 0.498. The van der Waals surface area contributed by atoms with E-state index in [4.69, 9.17) is 4.74 Å². The van der Waals surface area contributed by atoms with Gasteiger partial charge in [-0.1, -0.05) is 0 Å². The minimum absolute atomic E-state index is 0.200. The van der Waals surface area contributed by atoms with E-state index >= 15 is 0 Å². The number of carbonyl (C=O) groups excluding carboxylic acids is 2. The highest BCUT2D eigenvalue weighted by Gasteiger charge is 2.28. The van der Waals surface area contributed by atoms with Gasteiger partial charge in [-0.3, -0.25) is 24.4 Å². The topological polar surface area (TPSA) is 91.2 Å². The molecule has 2 amide bonds. The summed E-state index contributed by atoms with van der Waals surface area (Å²) in [7, 11) is 3.11. The molecule has 3 rings (SSSR count). The lowest BCUT2D eigenvalue weighted by Crippen LogP contribution is -2.47. The third-order valence-corrected chi connectivity index (χ3v) is 4.99. The van der Waals surface area contributed by atoms with E-state index < -0.39 is 6.04 Å². The van der Waals surface area contributed by atoms with E-state index in [0.717, 1.165) is 50.5 Å². The van der Waals surface area contributed by atoms with Gasteiger partial charge in [0, 0.05) is 45.5 Å². The Morgan fingerprint density at radius 1 is 1.19 bits per heavy atom. The summed E-state index contributed by atoms with van der Waals surface area (Å²) in [4.78, 5) is 41.9. The van der Waals surface area contributed by atoms with Gasteiger partial charge in [0.15, 0.2) is 0 Å². The smallest absolute Gasteiger partial charge is 0.270 e. The molecular formula is C18H26N6O3. The van der Waals surface area contributed by atoms with Gasteiger partial charge in [-0.2, -0.15) is 4.98 Å². The number of amides is 2. The fraction of sp³-hybridized carbons (Fsp3) is 0.611. The number of methoxy groups -OCH3 is 1. The number of piperazine rings is 1. The lowest BCUT2D eigenvalue weighted by molar-refractivity contribution is -0.141. The average Bonchev–Trinajstić information content (AvgIpc) is 2.71. The van der Waals surface area contributed by atoms with Crippen molar-refractivity contribution in [2.24, 2.45) is 4.99 Å². The second-order valence-electron chi connectivity index (χ2n) is 6.75. The largest absolute Gasteiger partial charge is 0.481 e. The number of anilines is 1. The highest BCUT2D eigenvalue weighted by Crippen LogP contribution is 2.16. The number of hydrogen-bond donors (Lipinski definition) is 0. The van der Waals surface area contributed by atoms with Crippen molar-refractivity contribution in [3.05, 3.63) is 12.3 Å². The fourth-order valence-electron chi connectivity index (χ4n) is 3.28. The Balaban J connectivity index is 1.37. The lowest BCUT2D eigenvalue weighted by atomic mass is 10.1. The van der Waals surface area contributed by atoms with Gasteiger partial charge in [0.25, 0.3) is 11.8 Å². The van der Waals surface area contributed by atoms with Crippen LogP contribution in [0.3, 0.4) is 0 Å². The van der Waals surface area contributed by atoms with Crippen LogP contribution in [0.25, 0.3) is 0 Å². The standard InChI is InChI=1S/C18H26N6O3/c1-22-16(25)13-20-14(17(22)26)5-3-4-8-23-9-11-24(12-10-23)18-19-7-6-15(21-18)27-2/h6-7,13-14H,3-5,8-12H2,1-2H3. The van der Waals surface area contributed by atoms with Gasteiger partial charge in [-0.15, -0.1) is 0 Å². The van der Waals surface area contributed by atoms with Gasteiger partial charge < -0.3 is 9.64 Å². The monoisotopic (exact) mass is 374 g/mol. The fourth-order valence-corrected chi connectivity index (χ4v) is 3.28. The normalized spacial score (nSPS) is 21.0. The van der Waals surface area contributed by atoms with Crippen LogP contribution in [0.15, 0.2) is 17.3 Å². The molecule has 2 aliphatic rings. The van der Waals surface area contributed by atoms with E-state index in [-0.39, 0.29) is 11.8 Å². The zero-order valence-electron chi connectivity index (χ0n) is 15.9. The summed E-state index contributed by atoms with van der Waals surface area (Å²) in [5, 5.41) is 0. The van der Waals surface area contributed by atoms with Crippen LogP contribution in [0.5, 0.6) is 5.88 Å². The predicted molar refractivity (Wildman–Crippen MR) is 101 cm³/mol. The Morgan fingerprint density at radius 3 is 2.70 bits per heavy atom. The van der Waals surface area contributed by atoms with Crippen molar-refractivity contribution >= 4 is 24.0 Å². The number of unbranched alkanes of at least 4 members (excludes halogenated alkanes) is 1. The molecule has 0 radical (unpaired) electrons. The highest BCUT2D eigenvalue weighted by atomic mass is 16.5. The molecule has 1 aromatic heterocycles. The van der Waals surface area contributed by atoms with Crippen molar-refractivity contribution in [3.8, 4) is 5.88 Å². The van der Waals surface area contributed by atoms with Gasteiger partial charge >= 0.3 is 0 Å². The summed E-state index contributed by atoms with van der Waals surface area (Å²) in [5.74, 6) is 0.750. The van der Waals surface area contributed by atoms with Crippen LogP contribution < -0.4 is 9.64 Å². The molecule has 0 spiro atoms. The Bertz CT molecular complexity index is 702. The molecule has 0 bridgehead atoms. The summed E-state index contributed by atoms with van der Waals surface area (Å²) in [6.07, 6.45) is 5.58. The summed E-state index contributed by atoms with van der Waals surface area (Å²) < 4.78 is 5.16. The third kappa shape index (κ3) is 4.79. The van der Waals surface area contributed by atoms with E-state index in [2.05, 4.69) is 24.8 Å². The molecular weight excluding hydrogens is 348 g/mol. The second-order valence-corrected chi connectivity index (χ2v) is 6.75. The Labute approximate surface area is 159 Å². The first-order valence-corrected chi connectivity index (χ1v) is 9.27. The van der Waals surface area contributed by atoms with Crippen LogP contribution in [-0.2, 0) is 9.59 Å². The van der Waals surface area contributed by atoms with Crippen LogP contribution in [-0.4, -0.2) is 90.7 Å². The van der Waals surface area contributed by atoms with Crippen molar-refractivity contribution in [2.45, 2.75) is 25.3 Å². The molecule has 9 heteroatoms. The number of ether oxygens (including phenoxy) is 1. The Kier molecular flexibility index (Phi) is 6.33. The molecule has 0 aliphatic carbocycles. The maximum atomic E-state index is 12.0. The third-order valence-electron chi connectivity index (χ3n) is 4.99.